The molecule has 0 unspecified atom stereocenters. The molecule has 0 saturated carbocycles. The van der Waals surface area contributed by atoms with Crippen LogP contribution < -0.4 is 5.32 Å². The Labute approximate surface area is 94.1 Å². The van der Waals surface area contributed by atoms with Crippen molar-refractivity contribution in [3.8, 4) is 0 Å². The molecule has 0 aliphatic rings. The molecule has 1 N–H and O–H groups in total. The van der Waals surface area contributed by atoms with Crippen molar-refractivity contribution in [2.45, 2.75) is 20.8 Å². The first kappa shape index (κ1) is 17.6. The molecule has 11 heavy (non-hydrogen) atoms. The number of carbonyl (C=O) groups excluding carboxylic acids is 1. The van der Waals surface area contributed by atoms with Crippen LogP contribution in [0.5, 0.6) is 0 Å². The van der Waals surface area contributed by atoms with Gasteiger partial charge in [-0.05, 0) is 14.0 Å². The van der Waals surface area contributed by atoms with Crippen LogP contribution in [0, 0.1) is 6.04 Å². The third-order valence-corrected chi connectivity index (χ3v) is 0.703. The topological polar surface area (TPSA) is 38.3 Å². The molecule has 0 rings (SSSR count). The molecule has 3 nitrogen and oxygen atoms in total. The van der Waals surface area contributed by atoms with E-state index in [1.807, 2.05) is 20.9 Å². The number of ether oxygens (including phenoxy) is 1. The molecule has 0 spiro atoms. The Hall–Kier alpha value is 0.534. The van der Waals surface area contributed by atoms with E-state index in [9.17, 15) is 0 Å². The molecule has 0 fully saturated rings. The molecule has 4 heteroatoms. The first-order chi connectivity index (χ1) is 4.68. The van der Waals surface area contributed by atoms with E-state index in [1.165, 1.54) is 12.5 Å². The van der Waals surface area contributed by atoms with Crippen LogP contribution in [0.2, 0.25) is 0 Å². The van der Waals surface area contributed by atoms with Crippen LogP contribution in [0.4, 0.5) is 0 Å². The second-order valence-electron chi connectivity index (χ2n) is 1.77. The Bertz CT molecular complexity index is 69.5. The molecule has 0 aliphatic carbocycles. The minimum Gasteiger partial charge on any atom is -0.653 e. The number of hydrogen-bond acceptors (Lipinski definition) is 3. The van der Waals surface area contributed by atoms with Crippen molar-refractivity contribution in [2.24, 2.45) is 0 Å². The van der Waals surface area contributed by atoms with Crippen LogP contribution in [0.1, 0.15) is 20.8 Å². The van der Waals surface area contributed by atoms with E-state index in [0.717, 1.165) is 0 Å². The Morgan fingerprint density at radius 2 is 1.91 bits per heavy atom. The fourth-order valence-corrected chi connectivity index (χ4v) is 0.0589. The quantitative estimate of drug-likeness (QED) is 0.736. The Morgan fingerprint density at radius 1 is 1.55 bits per heavy atom. The molecule has 0 heterocycles. The van der Waals surface area contributed by atoms with Crippen molar-refractivity contribution >= 4 is 6.47 Å². The molecule has 0 aliphatic heterocycles. The van der Waals surface area contributed by atoms with Gasteiger partial charge < -0.3 is 14.8 Å². The first-order valence-electron chi connectivity index (χ1n) is 3.15. The zero-order valence-corrected chi connectivity index (χ0v) is 10.4. The molecular formula is C7H15NO2Y-2. The van der Waals surface area contributed by atoms with Gasteiger partial charge in [-0.25, -0.2) is 0 Å². The number of hydrogen-bond donors (Lipinski definition) is 1. The zero-order valence-electron chi connectivity index (χ0n) is 7.60. The summed E-state index contributed by atoms with van der Waals surface area (Å²) in [5.41, 5.74) is 0. The van der Waals surface area contributed by atoms with Gasteiger partial charge in [0, 0.05) is 39.3 Å². The largest absolute Gasteiger partial charge is 0.653 e. The van der Waals surface area contributed by atoms with Crippen molar-refractivity contribution in [3.05, 3.63) is 6.04 Å². The normalized spacial score (nSPS) is 7.36. The third kappa shape index (κ3) is 37.3. The maximum absolute atomic E-state index is 9.06. The van der Waals surface area contributed by atoms with E-state index in [2.05, 4.69) is 10.1 Å². The van der Waals surface area contributed by atoms with Crippen LogP contribution >= 0.6 is 0 Å². The van der Waals surface area contributed by atoms with E-state index in [1.54, 1.807) is 6.92 Å². The van der Waals surface area contributed by atoms with E-state index in [-0.39, 0.29) is 32.7 Å². The smallest absolute Gasteiger partial charge is 0.0451 e. The molecule has 1 radical (unpaired) electrons. The van der Waals surface area contributed by atoms with Gasteiger partial charge in [0.2, 0.25) is 0 Å². The van der Waals surface area contributed by atoms with Crippen molar-refractivity contribution in [1.82, 2.24) is 5.32 Å². The average Bonchev–Trinajstić information content (AvgIpc) is 1.91. The molecule has 65 valence electrons. The second-order valence-corrected chi connectivity index (χ2v) is 1.77. The summed E-state index contributed by atoms with van der Waals surface area (Å²) in [6, 6.07) is 1.25. The monoisotopic (exact) mass is 234 g/mol. The van der Waals surface area contributed by atoms with Crippen molar-refractivity contribution in [1.29, 1.82) is 0 Å². The van der Waals surface area contributed by atoms with E-state index in [4.69, 9.17) is 4.79 Å². The summed E-state index contributed by atoms with van der Waals surface area (Å²) in [6.07, 6.45) is 0. The van der Waals surface area contributed by atoms with Gasteiger partial charge in [-0.3, -0.25) is 6.04 Å². The minimum absolute atomic E-state index is 0. The molecule has 0 amide bonds. The number of rotatable bonds is 3. The standard InChI is InChI=1S/C4H10N.C3H5O2.Y/c1-4(2)5-3;1-2-5-3-4;/h5H,1-3H3;2H2,1H3;/q2*-1;. The molecule has 0 atom stereocenters. The summed E-state index contributed by atoms with van der Waals surface area (Å²) >= 11 is 0. The van der Waals surface area contributed by atoms with Gasteiger partial charge in [0.1, 0.15) is 0 Å². The van der Waals surface area contributed by atoms with E-state index in [0.29, 0.717) is 6.61 Å². The van der Waals surface area contributed by atoms with Crippen LogP contribution in [0.25, 0.3) is 0 Å². The van der Waals surface area contributed by atoms with Gasteiger partial charge in [0.15, 0.2) is 0 Å². The summed E-state index contributed by atoms with van der Waals surface area (Å²) in [5, 5.41) is 2.94. The summed E-state index contributed by atoms with van der Waals surface area (Å²) in [5.74, 6) is 0. The number of nitrogens with one attached hydrogen (secondary N) is 1. The van der Waals surface area contributed by atoms with Crippen LogP contribution in [-0.2, 0) is 42.2 Å². The van der Waals surface area contributed by atoms with Gasteiger partial charge in [-0.2, -0.15) is 13.8 Å². The van der Waals surface area contributed by atoms with Gasteiger partial charge in [-0.15, -0.1) is 0 Å². The van der Waals surface area contributed by atoms with Gasteiger partial charge >= 0.3 is 0 Å². The van der Waals surface area contributed by atoms with Crippen molar-refractivity contribution < 1.29 is 42.2 Å². The SMILES string of the molecule is CCO[C-]=O.CN[C-](C)C.[Y]. The summed E-state index contributed by atoms with van der Waals surface area (Å²) in [4.78, 5) is 9.06. The Kier molecular flexibility index (Phi) is 26.9. The van der Waals surface area contributed by atoms with Crippen molar-refractivity contribution in [3.63, 3.8) is 0 Å². The van der Waals surface area contributed by atoms with E-state index < -0.39 is 0 Å². The summed E-state index contributed by atoms with van der Waals surface area (Å²) in [7, 11) is 1.91. The first-order valence-corrected chi connectivity index (χ1v) is 3.15. The third-order valence-electron chi connectivity index (χ3n) is 0.703. The fourth-order valence-electron chi connectivity index (χ4n) is 0.0589. The predicted molar refractivity (Wildman–Crippen MR) is 41.0 cm³/mol. The van der Waals surface area contributed by atoms with E-state index >= 15 is 0 Å². The van der Waals surface area contributed by atoms with Gasteiger partial charge in [-0.1, -0.05) is 6.47 Å². The molecule has 0 aromatic carbocycles. The maximum atomic E-state index is 9.06. The average molecular weight is 234 g/mol. The van der Waals surface area contributed by atoms with Crippen LogP contribution in [-0.4, -0.2) is 20.1 Å². The zero-order chi connectivity index (χ0) is 8.41. The molecule has 0 bridgehead atoms. The van der Waals surface area contributed by atoms with Gasteiger partial charge in [0.05, 0.1) is 0 Å². The minimum atomic E-state index is 0. The summed E-state index contributed by atoms with van der Waals surface area (Å²) < 4.78 is 4.03. The summed E-state index contributed by atoms with van der Waals surface area (Å²) in [6.45, 7) is 7.47. The molecular weight excluding hydrogens is 219 g/mol. The molecule has 0 saturated heterocycles. The fraction of sp³-hybridized carbons (Fsp3) is 0.714. The Morgan fingerprint density at radius 3 is 1.91 bits per heavy atom. The van der Waals surface area contributed by atoms with Crippen molar-refractivity contribution in [2.75, 3.05) is 13.7 Å². The van der Waals surface area contributed by atoms with Crippen LogP contribution in [0.15, 0.2) is 0 Å². The van der Waals surface area contributed by atoms with Gasteiger partial charge in [0.25, 0.3) is 0 Å². The second kappa shape index (κ2) is 16.9. The predicted octanol–water partition coefficient (Wildman–Crippen LogP) is 0.865. The molecule has 0 aromatic rings. The maximum Gasteiger partial charge on any atom is 0.0451 e. The Balaban J connectivity index is -0.000000107. The van der Waals surface area contributed by atoms with Crippen LogP contribution in [0.3, 0.4) is 0 Å². The molecule has 0 aromatic heterocycles.